The van der Waals surface area contributed by atoms with Crippen LogP contribution in [-0.4, -0.2) is 22.1 Å². The van der Waals surface area contributed by atoms with Crippen LogP contribution in [0.5, 0.6) is 0 Å². The summed E-state index contributed by atoms with van der Waals surface area (Å²) in [6.07, 6.45) is 0.698. The first-order chi connectivity index (χ1) is 10.5. The molecular weight excluding hydrogens is 308 g/mol. The average Bonchev–Trinajstić information content (AvgIpc) is 2.50. The van der Waals surface area contributed by atoms with E-state index in [0.29, 0.717) is 12.1 Å². The average molecular weight is 325 g/mol. The van der Waals surface area contributed by atoms with Gasteiger partial charge >= 0.3 is 0 Å². The maximum absolute atomic E-state index is 13.1. The fourth-order valence-corrected chi connectivity index (χ4v) is 2.51. The molecule has 6 heteroatoms. The van der Waals surface area contributed by atoms with Crippen molar-refractivity contribution in [1.29, 1.82) is 0 Å². The van der Waals surface area contributed by atoms with E-state index in [9.17, 15) is 18.1 Å². The van der Waals surface area contributed by atoms with Gasteiger partial charge in [0.15, 0.2) is 11.6 Å². The van der Waals surface area contributed by atoms with Gasteiger partial charge in [-0.1, -0.05) is 18.2 Å². The van der Waals surface area contributed by atoms with Crippen LogP contribution in [0.1, 0.15) is 17.2 Å². The highest BCUT2D eigenvalue weighted by molar-refractivity contribution is 7.84. The molecule has 118 valence electrons. The van der Waals surface area contributed by atoms with E-state index < -0.39 is 28.5 Å². The van der Waals surface area contributed by atoms with Gasteiger partial charge in [0.25, 0.3) is 0 Å². The minimum absolute atomic E-state index is 0.215. The van der Waals surface area contributed by atoms with E-state index in [2.05, 4.69) is 5.32 Å². The summed E-state index contributed by atoms with van der Waals surface area (Å²) >= 11 is 0. The van der Waals surface area contributed by atoms with Crippen molar-refractivity contribution in [3.63, 3.8) is 0 Å². The third-order valence-electron chi connectivity index (χ3n) is 3.25. The molecule has 0 heterocycles. The Morgan fingerprint density at radius 3 is 2.41 bits per heavy atom. The molecule has 0 unspecified atom stereocenters. The minimum Gasteiger partial charge on any atom is -0.387 e. The van der Waals surface area contributed by atoms with Crippen LogP contribution in [0.4, 0.5) is 8.78 Å². The lowest BCUT2D eigenvalue weighted by Crippen LogP contribution is -2.21. The number of aliphatic hydroxyl groups excluding tert-OH is 1. The van der Waals surface area contributed by atoms with Crippen molar-refractivity contribution in [2.75, 3.05) is 12.8 Å². The highest BCUT2D eigenvalue weighted by Crippen LogP contribution is 2.16. The standard InChI is InChI=1S/C16H17F2NO2S/c1-22(21)13-5-2-11(3-6-13)9-19-10-16(20)12-4-7-14(17)15(18)8-12/h2-8,16,19-20H,9-10H2,1H3/t16-,22-/m1/s1. The molecule has 0 amide bonds. The Morgan fingerprint density at radius 1 is 1.14 bits per heavy atom. The fourth-order valence-electron chi connectivity index (χ4n) is 1.99. The van der Waals surface area contributed by atoms with Crippen LogP contribution in [0.2, 0.25) is 0 Å². The summed E-state index contributed by atoms with van der Waals surface area (Å²) in [4.78, 5) is 0.755. The van der Waals surface area contributed by atoms with Crippen LogP contribution < -0.4 is 5.32 Å². The Balaban J connectivity index is 1.87. The molecule has 0 saturated carbocycles. The summed E-state index contributed by atoms with van der Waals surface area (Å²) in [5.74, 6) is -1.91. The molecule has 0 saturated heterocycles. The van der Waals surface area contributed by atoms with Crippen LogP contribution in [0.15, 0.2) is 47.4 Å². The topological polar surface area (TPSA) is 49.3 Å². The predicted octanol–water partition coefficient (Wildman–Crippen LogP) is 2.53. The second-order valence-corrected chi connectivity index (χ2v) is 6.30. The number of nitrogens with one attached hydrogen (secondary N) is 1. The van der Waals surface area contributed by atoms with Crippen molar-refractivity contribution in [3.05, 3.63) is 65.2 Å². The maximum atomic E-state index is 13.1. The first kappa shape index (κ1) is 16.7. The van der Waals surface area contributed by atoms with Crippen LogP contribution >= 0.6 is 0 Å². The molecule has 2 rings (SSSR count). The molecule has 2 aromatic carbocycles. The predicted molar refractivity (Wildman–Crippen MR) is 81.8 cm³/mol. The maximum Gasteiger partial charge on any atom is 0.159 e. The molecule has 0 aromatic heterocycles. The monoisotopic (exact) mass is 325 g/mol. The second kappa shape index (κ2) is 7.58. The molecule has 22 heavy (non-hydrogen) atoms. The van der Waals surface area contributed by atoms with Gasteiger partial charge in [-0.25, -0.2) is 8.78 Å². The Labute approximate surface area is 130 Å². The first-order valence-corrected chi connectivity index (χ1v) is 8.29. The lowest BCUT2D eigenvalue weighted by Gasteiger charge is -2.12. The van der Waals surface area contributed by atoms with Gasteiger partial charge < -0.3 is 10.4 Å². The van der Waals surface area contributed by atoms with Crippen molar-refractivity contribution < 1.29 is 18.1 Å². The smallest absolute Gasteiger partial charge is 0.159 e. The third-order valence-corrected chi connectivity index (χ3v) is 4.19. The molecule has 0 aliphatic carbocycles. The van der Waals surface area contributed by atoms with E-state index in [1.807, 2.05) is 12.1 Å². The van der Waals surface area contributed by atoms with Crippen LogP contribution in [0, 0.1) is 11.6 Å². The van der Waals surface area contributed by atoms with Gasteiger partial charge in [0.1, 0.15) is 0 Å². The lowest BCUT2D eigenvalue weighted by atomic mass is 10.1. The highest BCUT2D eigenvalue weighted by Gasteiger charge is 2.10. The molecule has 0 radical (unpaired) electrons. The van der Waals surface area contributed by atoms with Crippen LogP contribution in [0.3, 0.4) is 0 Å². The molecule has 2 atom stereocenters. The van der Waals surface area contributed by atoms with E-state index in [4.69, 9.17) is 0 Å². The van der Waals surface area contributed by atoms with E-state index in [1.165, 1.54) is 6.07 Å². The van der Waals surface area contributed by atoms with Crippen molar-refractivity contribution in [3.8, 4) is 0 Å². The summed E-state index contributed by atoms with van der Waals surface area (Å²) in [6, 6.07) is 10.6. The lowest BCUT2D eigenvalue weighted by molar-refractivity contribution is 0.173. The molecule has 0 fully saturated rings. The summed E-state index contributed by atoms with van der Waals surface area (Å²) < 4.78 is 37.2. The van der Waals surface area contributed by atoms with Gasteiger partial charge in [-0.2, -0.15) is 0 Å². The molecule has 2 aromatic rings. The van der Waals surface area contributed by atoms with Gasteiger partial charge in [0.05, 0.1) is 6.10 Å². The molecule has 0 aliphatic heterocycles. The summed E-state index contributed by atoms with van der Waals surface area (Å²) in [6.45, 7) is 0.726. The van der Waals surface area contributed by atoms with Crippen molar-refractivity contribution in [2.45, 2.75) is 17.5 Å². The number of rotatable bonds is 6. The first-order valence-electron chi connectivity index (χ1n) is 6.73. The molecule has 0 bridgehead atoms. The van der Waals surface area contributed by atoms with Crippen molar-refractivity contribution in [1.82, 2.24) is 5.32 Å². The van der Waals surface area contributed by atoms with Gasteiger partial charge in [-0.05, 0) is 35.4 Å². The number of hydrogen-bond donors (Lipinski definition) is 2. The molecule has 0 spiro atoms. The molecule has 2 N–H and O–H groups in total. The Bertz CT molecular complexity index is 662. The Morgan fingerprint density at radius 2 is 1.82 bits per heavy atom. The SMILES string of the molecule is C[S@@](=O)c1ccc(CNC[C@@H](O)c2ccc(F)c(F)c2)cc1. The van der Waals surface area contributed by atoms with E-state index in [1.54, 1.807) is 18.4 Å². The molecule has 0 aliphatic rings. The Kier molecular flexibility index (Phi) is 5.76. The quantitative estimate of drug-likeness (QED) is 0.858. The number of benzene rings is 2. The van der Waals surface area contributed by atoms with E-state index >= 15 is 0 Å². The largest absolute Gasteiger partial charge is 0.387 e. The summed E-state index contributed by atoms with van der Waals surface area (Å²) in [7, 11) is -1.01. The van der Waals surface area contributed by atoms with Crippen molar-refractivity contribution in [2.24, 2.45) is 0 Å². The zero-order chi connectivity index (χ0) is 16.1. The van der Waals surface area contributed by atoms with Crippen LogP contribution in [-0.2, 0) is 17.3 Å². The summed E-state index contributed by atoms with van der Waals surface area (Å²) in [5, 5.41) is 13.0. The highest BCUT2D eigenvalue weighted by atomic mass is 32.2. The normalized spacial score (nSPS) is 13.8. The van der Waals surface area contributed by atoms with Gasteiger partial charge in [-0.15, -0.1) is 0 Å². The van der Waals surface area contributed by atoms with E-state index in [0.717, 1.165) is 22.6 Å². The molecular formula is C16H17F2NO2S. The fraction of sp³-hybridized carbons (Fsp3) is 0.250. The minimum atomic E-state index is -1.01. The summed E-state index contributed by atoms with van der Waals surface area (Å²) in [5.41, 5.74) is 1.30. The number of aliphatic hydroxyl groups is 1. The Hall–Kier alpha value is -1.63. The second-order valence-electron chi connectivity index (χ2n) is 4.92. The zero-order valence-corrected chi connectivity index (χ0v) is 12.9. The number of halogens is 2. The van der Waals surface area contributed by atoms with Gasteiger partial charge in [-0.3, -0.25) is 4.21 Å². The van der Waals surface area contributed by atoms with Crippen molar-refractivity contribution >= 4 is 10.8 Å². The van der Waals surface area contributed by atoms with Gasteiger partial charge in [0.2, 0.25) is 0 Å². The van der Waals surface area contributed by atoms with E-state index in [-0.39, 0.29) is 6.54 Å². The molecule has 3 nitrogen and oxygen atoms in total. The third kappa shape index (κ3) is 4.43. The number of hydrogen-bond acceptors (Lipinski definition) is 3. The van der Waals surface area contributed by atoms with Gasteiger partial charge in [0, 0.05) is 35.0 Å². The van der Waals surface area contributed by atoms with Crippen LogP contribution in [0.25, 0.3) is 0 Å². The zero-order valence-electron chi connectivity index (χ0n) is 12.1.